The van der Waals surface area contributed by atoms with Crippen LogP contribution in [0.25, 0.3) is 11.1 Å². The van der Waals surface area contributed by atoms with Crippen molar-refractivity contribution >= 4 is 11.8 Å². The number of hydrogen-bond acceptors (Lipinski definition) is 4. The van der Waals surface area contributed by atoms with Crippen molar-refractivity contribution in [3.05, 3.63) is 71.8 Å². The molecule has 33 heavy (non-hydrogen) atoms. The predicted molar refractivity (Wildman–Crippen MR) is 128 cm³/mol. The van der Waals surface area contributed by atoms with Crippen molar-refractivity contribution in [2.45, 2.75) is 33.1 Å². The third-order valence-corrected chi connectivity index (χ3v) is 6.31. The zero-order valence-corrected chi connectivity index (χ0v) is 19.5. The van der Waals surface area contributed by atoms with Crippen LogP contribution in [0.15, 0.2) is 54.9 Å². The number of carbonyl (C=O) groups excluding carboxylic acids is 2. The Labute approximate surface area is 194 Å². The summed E-state index contributed by atoms with van der Waals surface area (Å²) in [7, 11) is 0. The van der Waals surface area contributed by atoms with Gasteiger partial charge in [-0.1, -0.05) is 44.2 Å². The van der Waals surface area contributed by atoms with Crippen molar-refractivity contribution in [2.24, 2.45) is 5.92 Å². The first-order chi connectivity index (χ1) is 16.0. The van der Waals surface area contributed by atoms with Gasteiger partial charge in [-0.05, 0) is 42.5 Å². The predicted octanol–water partition coefficient (Wildman–Crippen LogP) is 3.76. The maximum Gasteiger partial charge on any atom is 0.274 e. The Hall–Kier alpha value is -3.48. The Morgan fingerprint density at radius 3 is 2.70 bits per heavy atom. The molecule has 0 aliphatic carbocycles. The summed E-state index contributed by atoms with van der Waals surface area (Å²) < 4.78 is 0. The average Bonchev–Trinajstić information content (AvgIpc) is 3.28. The van der Waals surface area contributed by atoms with Gasteiger partial charge in [-0.3, -0.25) is 19.7 Å². The summed E-state index contributed by atoms with van der Waals surface area (Å²) in [4.78, 5) is 34.6. The molecule has 1 aliphatic heterocycles. The van der Waals surface area contributed by atoms with Gasteiger partial charge in [0.1, 0.15) is 5.69 Å². The number of nitrogens with one attached hydrogen (secondary N) is 1. The van der Waals surface area contributed by atoms with Gasteiger partial charge >= 0.3 is 0 Å². The molecule has 2 aromatic heterocycles. The SMILES string of the molecule is CCN1CCN(C(=O)c2cc(C(C)C)[nH]n2)C[C@H](Cc2ccccc2-c2cccnc2)C1=O. The van der Waals surface area contributed by atoms with E-state index in [1.165, 1.54) is 0 Å². The van der Waals surface area contributed by atoms with Gasteiger partial charge in [0, 0.05) is 49.8 Å². The molecule has 172 valence electrons. The standard InChI is InChI=1S/C26H31N5O2/c1-4-30-12-13-31(26(33)24-15-23(18(2)3)28-29-24)17-21(25(30)32)14-19-8-5-6-10-22(19)20-9-7-11-27-16-20/h5-11,15-16,18,21H,4,12-14,17H2,1-3H3,(H,28,29)/t21-/m0/s1. The van der Waals surface area contributed by atoms with Crippen LogP contribution >= 0.6 is 0 Å². The highest BCUT2D eigenvalue weighted by Gasteiger charge is 2.33. The van der Waals surface area contributed by atoms with Crippen LogP contribution < -0.4 is 0 Å². The third-order valence-electron chi connectivity index (χ3n) is 6.31. The van der Waals surface area contributed by atoms with Crippen molar-refractivity contribution in [3.63, 3.8) is 0 Å². The maximum absolute atomic E-state index is 13.4. The van der Waals surface area contributed by atoms with E-state index in [0.29, 0.717) is 38.3 Å². The van der Waals surface area contributed by atoms with E-state index in [0.717, 1.165) is 22.4 Å². The summed E-state index contributed by atoms with van der Waals surface area (Å²) in [6, 6.07) is 13.9. The Kier molecular flexibility index (Phi) is 6.87. The van der Waals surface area contributed by atoms with Crippen molar-refractivity contribution in [2.75, 3.05) is 26.2 Å². The zero-order chi connectivity index (χ0) is 23.4. The smallest absolute Gasteiger partial charge is 0.274 e. The number of rotatable bonds is 6. The Balaban J connectivity index is 1.61. The highest BCUT2D eigenvalue weighted by atomic mass is 16.2. The fourth-order valence-corrected chi connectivity index (χ4v) is 4.37. The lowest BCUT2D eigenvalue weighted by molar-refractivity contribution is -0.134. The fourth-order valence-electron chi connectivity index (χ4n) is 4.37. The van der Waals surface area contributed by atoms with Crippen molar-refractivity contribution in [1.82, 2.24) is 25.0 Å². The van der Waals surface area contributed by atoms with E-state index in [4.69, 9.17) is 0 Å². The van der Waals surface area contributed by atoms with Gasteiger partial charge in [0.25, 0.3) is 5.91 Å². The molecular weight excluding hydrogens is 414 g/mol. The maximum atomic E-state index is 13.4. The molecule has 7 nitrogen and oxygen atoms in total. The summed E-state index contributed by atoms with van der Waals surface area (Å²) >= 11 is 0. The van der Waals surface area contributed by atoms with E-state index < -0.39 is 0 Å². The molecular formula is C26H31N5O2. The molecule has 0 bridgehead atoms. The molecule has 0 unspecified atom stereocenters. The van der Waals surface area contributed by atoms with Crippen molar-refractivity contribution in [3.8, 4) is 11.1 Å². The highest BCUT2D eigenvalue weighted by molar-refractivity contribution is 5.93. The molecule has 1 atom stereocenters. The highest BCUT2D eigenvalue weighted by Crippen LogP contribution is 2.27. The quantitative estimate of drug-likeness (QED) is 0.626. The lowest BCUT2D eigenvalue weighted by Crippen LogP contribution is -2.38. The van der Waals surface area contributed by atoms with Gasteiger partial charge in [0.2, 0.25) is 5.91 Å². The van der Waals surface area contributed by atoms with E-state index in [9.17, 15) is 9.59 Å². The number of H-pyrrole nitrogens is 1. The first-order valence-electron chi connectivity index (χ1n) is 11.6. The summed E-state index contributed by atoms with van der Waals surface area (Å²) in [6.07, 6.45) is 4.15. The number of pyridine rings is 1. The molecule has 1 aromatic carbocycles. The molecule has 0 spiro atoms. The largest absolute Gasteiger partial charge is 0.341 e. The van der Waals surface area contributed by atoms with Gasteiger partial charge < -0.3 is 9.80 Å². The van der Waals surface area contributed by atoms with Gasteiger partial charge in [-0.15, -0.1) is 0 Å². The molecule has 1 N–H and O–H groups in total. The number of carbonyl (C=O) groups is 2. The summed E-state index contributed by atoms with van der Waals surface area (Å²) in [5.41, 5.74) is 4.51. The Bertz CT molecular complexity index is 1110. The van der Waals surface area contributed by atoms with Crippen LogP contribution in [0.1, 0.15) is 48.4 Å². The van der Waals surface area contributed by atoms with E-state index in [-0.39, 0.29) is 23.7 Å². The number of nitrogens with zero attached hydrogens (tertiary/aromatic N) is 4. The first-order valence-corrected chi connectivity index (χ1v) is 11.6. The fraction of sp³-hybridized carbons (Fsp3) is 0.385. The third kappa shape index (κ3) is 4.97. The van der Waals surface area contributed by atoms with Crippen molar-refractivity contribution < 1.29 is 9.59 Å². The van der Waals surface area contributed by atoms with Crippen LogP contribution in [0.5, 0.6) is 0 Å². The minimum absolute atomic E-state index is 0.0960. The Morgan fingerprint density at radius 2 is 2.00 bits per heavy atom. The van der Waals surface area contributed by atoms with Gasteiger partial charge in [-0.25, -0.2) is 0 Å². The van der Waals surface area contributed by atoms with Crippen LogP contribution in [0.3, 0.4) is 0 Å². The number of aromatic nitrogens is 3. The second kappa shape index (κ2) is 9.98. The second-order valence-corrected chi connectivity index (χ2v) is 8.83. The Morgan fingerprint density at radius 1 is 1.18 bits per heavy atom. The number of likely N-dealkylation sites (N-methyl/N-ethyl adjacent to an activating group) is 1. The first kappa shape index (κ1) is 22.7. The summed E-state index contributed by atoms with van der Waals surface area (Å²) in [6.45, 7) is 8.13. The lowest BCUT2D eigenvalue weighted by atomic mass is 9.91. The number of amides is 2. The normalized spacial score (nSPS) is 16.8. The number of hydrogen-bond donors (Lipinski definition) is 1. The van der Waals surface area contributed by atoms with Gasteiger partial charge in [0.05, 0.1) is 5.92 Å². The minimum atomic E-state index is -0.322. The van der Waals surface area contributed by atoms with Crippen LogP contribution in [-0.2, 0) is 11.2 Å². The molecule has 0 radical (unpaired) electrons. The molecule has 0 saturated carbocycles. The van der Waals surface area contributed by atoms with E-state index >= 15 is 0 Å². The summed E-state index contributed by atoms with van der Waals surface area (Å²) in [5, 5.41) is 7.21. The average molecular weight is 446 g/mol. The monoisotopic (exact) mass is 445 g/mol. The molecule has 2 amide bonds. The van der Waals surface area contributed by atoms with Crippen LogP contribution in [-0.4, -0.2) is 63.0 Å². The molecule has 1 aliphatic rings. The molecule has 1 fully saturated rings. The molecule has 7 heteroatoms. The molecule has 1 saturated heterocycles. The van der Waals surface area contributed by atoms with E-state index in [1.807, 2.05) is 48.4 Å². The van der Waals surface area contributed by atoms with Crippen LogP contribution in [0.4, 0.5) is 0 Å². The topological polar surface area (TPSA) is 82.2 Å². The number of benzene rings is 1. The second-order valence-electron chi connectivity index (χ2n) is 8.83. The minimum Gasteiger partial charge on any atom is -0.341 e. The van der Waals surface area contributed by atoms with Crippen LogP contribution in [0, 0.1) is 5.92 Å². The molecule has 4 rings (SSSR count). The van der Waals surface area contributed by atoms with Gasteiger partial charge in [0.15, 0.2) is 0 Å². The lowest BCUT2D eigenvalue weighted by Gasteiger charge is -2.24. The van der Waals surface area contributed by atoms with E-state index in [2.05, 4.69) is 41.2 Å². The van der Waals surface area contributed by atoms with Crippen LogP contribution in [0.2, 0.25) is 0 Å². The number of aromatic amines is 1. The van der Waals surface area contributed by atoms with Crippen molar-refractivity contribution in [1.29, 1.82) is 0 Å². The van der Waals surface area contributed by atoms with Gasteiger partial charge in [-0.2, -0.15) is 5.10 Å². The van der Waals surface area contributed by atoms with E-state index in [1.54, 1.807) is 11.1 Å². The molecule has 3 aromatic rings. The summed E-state index contributed by atoms with van der Waals surface area (Å²) in [5.74, 6) is -0.0945. The zero-order valence-electron chi connectivity index (χ0n) is 19.5. The molecule has 3 heterocycles.